The van der Waals surface area contributed by atoms with E-state index in [0.29, 0.717) is 35.0 Å². The Hall–Kier alpha value is -3.74. The van der Waals surface area contributed by atoms with Crippen LogP contribution in [0, 0.1) is 0 Å². The summed E-state index contributed by atoms with van der Waals surface area (Å²) in [5.41, 5.74) is 2.03. The fraction of sp³-hybridized carbons (Fsp3) is 0.217. The van der Waals surface area contributed by atoms with Gasteiger partial charge in [0.05, 0.1) is 7.11 Å². The van der Waals surface area contributed by atoms with Crippen LogP contribution in [0.4, 0.5) is 0 Å². The Kier molecular flexibility index (Phi) is 5.43. The Morgan fingerprint density at radius 2 is 1.80 bits per heavy atom. The number of methoxy groups -OCH3 is 1. The summed E-state index contributed by atoms with van der Waals surface area (Å²) in [6.45, 7) is 2.18. The number of carboxylic acids is 1. The molecular formula is C23H21NO6. The van der Waals surface area contributed by atoms with Crippen LogP contribution < -0.4 is 18.9 Å². The molecule has 0 spiro atoms. The minimum Gasteiger partial charge on any atom is -0.497 e. The zero-order valence-corrected chi connectivity index (χ0v) is 16.7. The van der Waals surface area contributed by atoms with Gasteiger partial charge in [-0.1, -0.05) is 25.5 Å². The number of aryl methyl sites for hydroxylation is 1. The monoisotopic (exact) mass is 407 g/mol. The summed E-state index contributed by atoms with van der Waals surface area (Å²) in [6.07, 6.45) is 1.56. The Balaban J connectivity index is 1.81. The fourth-order valence-corrected chi connectivity index (χ4v) is 3.29. The first-order chi connectivity index (χ1) is 14.6. The van der Waals surface area contributed by atoms with E-state index in [2.05, 4.69) is 4.98 Å². The molecule has 0 atom stereocenters. The summed E-state index contributed by atoms with van der Waals surface area (Å²) >= 11 is 0. The SMILES string of the molecule is CCCc1cc(-c2ccc(OC)cc2)c(C(=O)O)c(Oc2ccc3c(c2)OCO3)n1. The van der Waals surface area contributed by atoms with Crippen molar-refractivity contribution in [2.45, 2.75) is 19.8 Å². The van der Waals surface area contributed by atoms with Crippen molar-refractivity contribution < 1.29 is 28.8 Å². The number of benzene rings is 2. The molecule has 0 radical (unpaired) electrons. The quantitative estimate of drug-likeness (QED) is 0.594. The molecule has 0 saturated carbocycles. The number of carbonyl (C=O) groups is 1. The second-order valence-corrected chi connectivity index (χ2v) is 6.74. The van der Waals surface area contributed by atoms with Crippen LogP contribution in [0.25, 0.3) is 11.1 Å². The molecule has 0 aliphatic carbocycles. The molecule has 0 unspecified atom stereocenters. The number of nitrogens with zero attached hydrogens (tertiary/aromatic N) is 1. The van der Waals surface area contributed by atoms with Crippen LogP contribution in [0.2, 0.25) is 0 Å². The zero-order chi connectivity index (χ0) is 21.1. The van der Waals surface area contributed by atoms with Gasteiger partial charge in [0, 0.05) is 17.3 Å². The van der Waals surface area contributed by atoms with Crippen molar-refractivity contribution in [2.24, 2.45) is 0 Å². The van der Waals surface area contributed by atoms with Crippen LogP contribution in [0.5, 0.6) is 28.9 Å². The van der Waals surface area contributed by atoms with Crippen molar-refractivity contribution in [1.29, 1.82) is 0 Å². The predicted octanol–water partition coefficient (Wildman–Crippen LogP) is 4.93. The van der Waals surface area contributed by atoms with Crippen molar-refractivity contribution in [3.63, 3.8) is 0 Å². The van der Waals surface area contributed by atoms with Gasteiger partial charge in [0.1, 0.15) is 17.1 Å². The molecule has 1 N–H and O–H groups in total. The van der Waals surface area contributed by atoms with Gasteiger partial charge in [-0.15, -0.1) is 0 Å². The molecular weight excluding hydrogens is 386 g/mol. The molecule has 7 nitrogen and oxygen atoms in total. The standard InChI is InChI=1S/C23H21NO6/c1-3-4-15-11-18(14-5-7-16(27-2)8-6-14)21(23(25)26)22(24-15)30-17-9-10-19-20(12-17)29-13-28-19/h5-12H,3-4,13H2,1-2H3,(H,25,26). The topological polar surface area (TPSA) is 87.1 Å². The number of aromatic carboxylic acids is 1. The van der Waals surface area contributed by atoms with Crippen molar-refractivity contribution in [2.75, 3.05) is 13.9 Å². The van der Waals surface area contributed by atoms with Crippen molar-refractivity contribution in [1.82, 2.24) is 4.98 Å². The first kappa shape index (κ1) is 19.6. The van der Waals surface area contributed by atoms with Gasteiger partial charge < -0.3 is 24.1 Å². The summed E-state index contributed by atoms with van der Waals surface area (Å²) in [5.74, 6) is 1.20. The number of aromatic nitrogens is 1. The third-order valence-corrected chi connectivity index (χ3v) is 4.72. The van der Waals surface area contributed by atoms with Gasteiger partial charge in [-0.3, -0.25) is 0 Å². The smallest absolute Gasteiger partial charge is 0.341 e. The molecule has 3 aromatic rings. The summed E-state index contributed by atoms with van der Waals surface area (Å²) in [5, 5.41) is 9.97. The highest BCUT2D eigenvalue weighted by molar-refractivity contribution is 5.98. The maximum absolute atomic E-state index is 12.2. The zero-order valence-electron chi connectivity index (χ0n) is 16.7. The minimum absolute atomic E-state index is 0.00214. The minimum atomic E-state index is -1.12. The first-order valence-electron chi connectivity index (χ1n) is 9.58. The maximum Gasteiger partial charge on any atom is 0.341 e. The number of fused-ring (bicyclic) bond motifs is 1. The predicted molar refractivity (Wildman–Crippen MR) is 110 cm³/mol. The lowest BCUT2D eigenvalue weighted by Crippen LogP contribution is -2.07. The Bertz CT molecular complexity index is 1080. The Morgan fingerprint density at radius 3 is 2.50 bits per heavy atom. The van der Waals surface area contributed by atoms with Gasteiger partial charge in [0.2, 0.25) is 12.7 Å². The molecule has 2 heterocycles. The van der Waals surface area contributed by atoms with Gasteiger partial charge in [-0.2, -0.15) is 0 Å². The molecule has 0 saturated heterocycles. The van der Waals surface area contributed by atoms with E-state index in [4.69, 9.17) is 18.9 Å². The van der Waals surface area contributed by atoms with Gasteiger partial charge >= 0.3 is 5.97 Å². The summed E-state index contributed by atoms with van der Waals surface area (Å²) in [4.78, 5) is 16.7. The summed E-state index contributed by atoms with van der Waals surface area (Å²) < 4.78 is 21.8. The average molecular weight is 407 g/mol. The lowest BCUT2D eigenvalue weighted by molar-refractivity contribution is 0.0694. The number of hydrogen-bond donors (Lipinski definition) is 1. The second kappa shape index (κ2) is 8.32. The summed E-state index contributed by atoms with van der Waals surface area (Å²) in [7, 11) is 1.58. The van der Waals surface area contributed by atoms with E-state index in [1.54, 1.807) is 43.5 Å². The molecule has 2 aromatic carbocycles. The van der Waals surface area contributed by atoms with Gasteiger partial charge in [0.25, 0.3) is 0 Å². The van der Waals surface area contributed by atoms with Crippen LogP contribution in [-0.4, -0.2) is 30.0 Å². The largest absolute Gasteiger partial charge is 0.497 e. The number of hydrogen-bond acceptors (Lipinski definition) is 6. The molecule has 154 valence electrons. The normalized spacial score (nSPS) is 11.9. The molecule has 0 fully saturated rings. The summed E-state index contributed by atoms with van der Waals surface area (Å²) in [6, 6.07) is 14.1. The van der Waals surface area contributed by atoms with E-state index in [1.807, 2.05) is 19.1 Å². The third kappa shape index (κ3) is 3.87. The van der Waals surface area contributed by atoms with Gasteiger partial charge in [-0.05, 0) is 42.3 Å². The average Bonchev–Trinajstić information content (AvgIpc) is 3.21. The van der Waals surface area contributed by atoms with E-state index in [1.165, 1.54) is 0 Å². The number of rotatable bonds is 7. The highest BCUT2D eigenvalue weighted by atomic mass is 16.7. The molecule has 30 heavy (non-hydrogen) atoms. The fourth-order valence-electron chi connectivity index (χ4n) is 3.29. The molecule has 1 aliphatic rings. The highest BCUT2D eigenvalue weighted by Crippen LogP contribution is 2.38. The van der Waals surface area contributed by atoms with E-state index in [-0.39, 0.29) is 18.2 Å². The van der Waals surface area contributed by atoms with Crippen molar-refractivity contribution in [3.05, 3.63) is 59.8 Å². The number of ether oxygens (including phenoxy) is 4. The number of carboxylic acid groups (broad SMARTS) is 1. The van der Waals surface area contributed by atoms with Crippen LogP contribution in [0.3, 0.4) is 0 Å². The van der Waals surface area contributed by atoms with Crippen LogP contribution >= 0.6 is 0 Å². The van der Waals surface area contributed by atoms with Crippen LogP contribution in [-0.2, 0) is 6.42 Å². The molecule has 4 rings (SSSR count). The molecule has 0 bridgehead atoms. The Morgan fingerprint density at radius 1 is 1.07 bits per heavy atom. The lowest BCUT2D eigenvalue weighted by atomic mass is 9.99. The molecule has 1 aliphatic heterocycles. The Labute approximate surface area is 173 Å². The van der Waals surface area contributed by atoms with Crippen LogP contribution in [0.1, 0.15) is 29.4 Å². The third-order valence-electron chi connectivity index (χ3n) is 4.72. The molecule has 7 heteroatoms. The maximum atomic E-state index is 12.2. The van der Waals surface area contributed by atoms with Crippen molar-refractivity contribution in [3.8, 4) is 40.0 Å². The first-order valence-corrected chi connectivity index (χ1v) is 9.58. The van der Waals surface area contributed by atoms with E-state index in [9.17, 15) is 9.90 Å². The second-order valence-electron chi connectivity index (χ2n) is 6.74. The molecule has 0 amide bonds. The lowest BCUT2D eigenvalue weighted by Gasteiger charge is -2.15. The van der Waals surface area contributed by atoms with Gasteiger partial charge in [0.15, 0.2) is 11.5 Å². The highest BCUT2D eigenvalue weighted by Gasteiger charge is 2.23. The number of pyridine rings is 1. The van der Waals surface area contributed by atoms with Crippen molar-refractivity contribution >= 4 is 5.97 Å². The molecule has 1 aromatic heterocycles. The van der Waals surface area contributed by atoms with Crippen LogP contribution in [0.15, 0.2) is 48.5 Å². The van der Waals surface area contributed by atoms with E-state index >= 15 is 0 Å². The van der Waals surface area contributed by atoms with Gasteiger partial charge in [-0.25, -0.2) is 9.78 Å². The van der Waals surface area contributed by atoms with E-state index in [0.717, 1.165) is 17.7 Å². The van der Waals surface area contributed by atoms with E-state index < -0.39 is 5.97 Å².